The highest BCUT2D eigenvalue weighted by molar-refractivity contribution is 5.95. The molecule has 1 heterocycles. The summed E-state index contributed by atoms with van der Waals surface area (Å²) < 4.78 is 5.39. The predicted molar refractivity (Wildman–Crippen MR) is 73.7 cm³/mol. The van der Waals surface area contributed by atoms with Crippen molar-refractivity contribution >= 4 is 17.4 Å². The van der Waals surface area contributed by atoms with Crippen molar-refractivity contribution in [2.75, 3.05) is 5.43 Å². The van der Waals surface area contributed by atoms with Crippen LogP contribution >= 0.6 is 0 Å². The Hall–Kier alpha value is -3.20. The number of aromatic nitrogens is 1. The summed E-state index contributed by atoms with van der Waals surface area (Å²) in [5, 5.41) is 10.8. The maximum Gasteiger partial charge on any atom is 0.278 e. The third-order valence-corrected chi connectivity index (χ3v) is 2.51. The largest absolute Gasteiger partial charge is 0.438 e. The topological polar surface area (TPSA) is 146 Å². The van der Waals surface area contributed by atoms with Crippen LogP contribution in [-0.2, 0) is 0 Å². The summed E-state index contributed by atoms with van der Waals surface area (Å²) in [6.45, 7) is 0. The molecule has 9 heteroatoms. The van der Waals surface area contributed by atoms with E-state index in [1.54, 1.807) is 12.1 Å². The summed E-state index contributed by atoms with van der Waals surface area (Å²) in [7, 11) is 0. The van der Waals surface area contributed by atoms with Crippen LogP contribution in [0.1, 0.15) is 10.4 Å². The standard InChI is InChI=1S/C12H11N5O4/c13-12(18)8-3-1-2-4-9(8)21-11-6-7(17(19)20)5-10(15-11)16-14/h1-6H,14H2,(H2,13,18)(H,15,16). The number of benzene rings is 1. The first-order valence-electron chi connectivity index (χ1n) is 5.71. The van der Waals surface area contributed by atoms with E-state index >= 15 is 0 Å². The molecule has 0 spiro atoms. The Morgan fingerprint density at radius 1 is 1.33 bits per heavy atom. The zero-order chi connectivity index (χ0) is 15.4. The maximum absolute atomic E-state index is 11.3. The lowest BCUT2D eigenvalue weighted by molar-refractivity contribution is -0.384. The Labute approximate surface area is 118 Å². The van der Waals surface area contributed by atoms with Crippen molar-refractivity contribution in [3.8, 4) is 11.6 Å². The fourth-order valence-electron chi connectivity index (χ4n) is 1.60. The second-order valence-corrected chi connectivity index (χ2v) is 3.91. The van der Waals surface area contributed by atoms with E-state index in [1.807, 2.05) is 0 Å². The lowest BCUT2D eigenvalue weighted by atomic mass is 10.2. The monoisotopic (exact) mass is 289 g/mol. The van der Waals surface area contributed by atoms with Crippen LogP contribution < -0.4 is 21.7 Å². The molecular weight excluding hydrogens is 278 g/mol. The summed E-state index contributed by atoms with van der Waals surface area (Å²) in [4.78, 5) is 25.4. The van der Waals surface area contributed by atoms with Gasteiger partial charge in [-0.25, -0.2) is 5.84 Å². The number of nitrogens with one attached hydrogen (secondary N) is 1. The van der Waals surface area contributed by atoms with E-state index in [1.165, 1.54) is 12.1 Å². The fourth-order valence-corrected chi connectivity index (χ4v) is 1.60. The number of rotatable bonds is 5. The molecule has 0 fully saturated rings. The molecule has 9 nitrogen and oxygen atoms in total. The van der Waals surface area contributed by atoms with E-state index in [0.717, 1.165) is 12.1 Å². The Kier molecular flexibility index (Phi) is 3.95. The van der Waals surface area contributed by atoms with Crippen LogP contribution in [0, 0.1) is 10.1 Å². The molecule has 108 valence electrons. The lowest BCUT2D eigenvalue weighted by Gasteiger charge is -2.09. The van der Waals surface area contributed by atoms with Crippen LogP contribution in [0.25, 0.3) is 0 Å². The van der Waals surface area contributed by atoms with E-state index in [-0.39, 0.29) is 28.7 Å². The number of hydrogen-bond acceptors (Lipinski definition) is 7. The minimum atomic E-state index is -0.687. The van der Waals surface area contributed by atoms with Crippen molar-refractivity contribution in [1.82, 2.24) is 4.98 Å². The number of amides is 1. The average Bonchev–Trinajstić information content (AvgIpc) is 2.47. The van der Waals surface area contributed by atoms with Gasteiger partial charge in [-0.1, -0.05) is 12.1 Å². The normalized spacial score (nSPS) is 9.95. The highest BCUT2D eigenvalue weighted by atomic mass is 16.6. The number of carbonyl (C=O) groups is 1. The Morgan fingerprint density at radius 3 is 2.67 bits per heavy atom. The van der Waals surface area contributed by atoms with E-state index in [0.29, 0.717) is 0 Å². The number of nitrogens with two attached hydrogens (primary N) is 2. The van der Waals surface area contributed by atoms with Gasteiger partial charge in [0, 0.05) is 0 Å². The smallest absolute Gasteiger partial charge is 0.278 e. The second kappa shape index (κ2) is 5.84. The van der Waals surface area contributed by atoms with Gasteiger partial charge in [-0.15, -0.1) is 0 Å². The summed E-state index contributed by atoms with van der Waals surface area (Å²) in [6.07, 6.45) is 0. The van der Waals surface area contributed by atoms with Crippen molar-refractivity contribution in [3.05, 3.63) is 52.1 Å². The van der Waals surface area contributed by atoms with Gasteiger partial charge in [0.05, 0.1) is 22.6 Å². The number of pyridine rings is 1. The van der Waals surface area contributed by atoms with Crippen LogP contribution in [-0.4, -0.2) is 15.8 Å². The highest BCUT2D eigenvalue weighted by Crippen LogP contribution is 2.28. The number of hydrazine groups is 1. The van der Waals surface area contributed by atoms with Gasteiger partial charge >= 0.3 is 0 Å². The Morgan fingerprint density at radius 2 is 2.05 bits per heavy atom. The maximum atomic E-state index is 11.3. The van der Waals surface area contributed by atoms with Gasteiger partial charge in [-0.3, -0.25) is 14.9 Å². The Balaban J connectivity index is 2.42. The molecule has 0 saturated carbocycles. The zero-order valence-electron chi connectivity index (χ0n) is 10.6. The minimum absolute atomic E-state index is 0.0516. The molecule has 0 unspecified atom stereocenters. The number of ether oxygens (including phenoxy) is 1. The van der Waals surface area contributed by atoms with Crippen LogP contribution in [0.3, 0.4) is 0 Å². The number of nitrogens with zero attached hydrogens (tertiary/aromatic N) is 2. The van der Waals surface area contributed by atoms with Gasteiger partial charge in [0.2, 0.25) is 5.88 Å². The van der Waals surface area contributed by atoms with Crippen molar-refractivity contribution in [3.63, 3.8) is 0 Å². The van der Waals surface area contributed by atoms with E-state index < -0.39 is 10.8 Å². The first kappa shape index (κ1) is 14.2. The zero-order valence-corrected chi connectivity index (χ0v) is 10.6. The molecule has 0 aliphatic carbocycles. The molecule has 1 amide bonds. The van der Waals surface area contributed by atoms with Gasteiger partial charge in [0.15, 0.2) is 5.82 Å². The number of carbonyl (C=O) groups excluding carboxylic acids is 1. The number of anilines is 1. The number of para-hydroxylation sites is 1. The van der Waals surface area contributed by atoms with E-state index in [4.69, 9.17) is 16.3 Å². The van der Waals surface area contributed by atoms with Gasteiger partial charge in [0.25, 0.3) is 11.6 Å². The molecule has 0 atom stereocenters. The number of nitrogen functional groups attached to an aromatic ring is 1. The van der Waals surface area contributed by atoms with Crippen LogP contribution in [0.4, 0.5) is 11.5 Å². The van der Waals surface area contributed by atoms with Crippen LogP contribution in [0.5, 0.6) is 11.6 Å². The van der Waals surface area contributed by atoms with Gasteiger partial charge in [-0.2, -0.15) is 4.98 Å². The molecule has 0 bridgehead atoms. The molecule has 5 N–H and O–H groups in total. The first-order valence-corrected chi connectivity index (χ1v) is 5.71. The number of hydrogen-bond donors (Lipinski definition) is 3. The first-order chi connectivity index (χ1) is 10.0. The Bertz CT molecular complexity index is 704. The minimum Gasteiger partial charge on any atom is -0.438 e. The quantitative estimate of drug-likeness (QED) is 0.425. The van der Waals surface area contributed by atoms with Crippen molar-refractivity contribution in [1.29, 1.82) is 0 Å². The molecule has 2 aromatic rings. The number of primary amides is 1. The molecule has 0 radical (unpaired) electrons. The van der Waals surface area contributed by atoms with E-state index in [2.05, 4.69) is 10.4 Å². The summed E-state index contributed by atoms with van der Waals surface area (Å²) >= 11 is 0. The molecule has 1 aromatic carbocycles. The molecule has 0 aliphatic rings. The molecular formula is C12H11N5O4. The van der Waals surface area contributed by atoms with Crippen LogP contribution in [0.2, 0.25) is 0 Å². The molecule has 1 aromatic heterocycles. The SMILES string of the molecule is NNc1cc([N+](=O)[O-])cc(Oc2ccccc2C(N)=O)n1. The van der Waals surface area contributed by atoms with Crippen molar-refractivity contribution in [2.45, 2.75) is 0 Å². The van der Waals surface area contributed by atoms with Crippen LogP contribution in [0.15, 0.2) is 36.4 Å². The molecule has 0 aliphatic heterocycles. The van der Waals surface area contributed by atoms with Gasteiger partial charge in [-0.05, 0) is 12.1 Å². The fraction of sp³-hybridized carbons (Fsp3) is 0. The molecule has 2 rings (SSSR count). The second-order valence-electron chi connectivity index (χ2n) is 3.91. The summed E-state index contributed by atoms with van der Waals surface area (Å²) in [5.41, 5.74) is 7.29. The number of nitro groups is 1. The van der Waals surface area contributed by atoms with Crippen molar-refractivity contribution < 1.29 is 14.5 Å². The highest BCUT2D eigenvalue weighted by Gasteiger charge is 2.15. The van der Waals surface area contributed by atoms with Crippen molar-refractivity contribution in [2.24, 2.45) is 11.6 Å². The summed E-state index contributed by atoms with van der Waals surface area (Å²) in [6, 6.07) is 8.46. The average molecular weight is 289 g/mol. The third-order valence-electron chi connectivity index (χ3n) is 2.51. The molecule has 21 heavy (non-hydrogen) atoms. The summed E-state index contributed by atoms with van der Waals surface area (Å²) in [5.74, 6) is 4.61. The third kappa shape index (κ3) is 3.22. The lowest BCUT2D eigenvalue weighted by Crippen LogP contribution is -2.12. The molecule has 0 saturated heterocycles. The van der Waals surface area contributed by atoms with E-state index in [9.17, 15) is 14.9 Å². The van der Waals surface area contributed by atoms with Gasteiger partial charge < -0.3 is 15.9 Å². The predicted octanol–water partition coefficient (Wildman–Crippen LogP) is 1.17. The van der Waals surface area contributed by atoms with Gasteiger partial charge in [0.1, 0.15) is 5.75 Å².